The van der Waals surface area contributed by atoms with Gasteiger partial charge in [-0.25, -0.2) is 20.6 Å². The van der Waals surface area contributed by atoms with Crippen LogP contribution in [0.25, 0.3) is 21.7 Å². The zero-order chi connectivity index (χ0) is 22.6. The zero-order valence-corrected chi connectivity index (χ0v) is 16.8. The molecular weight excluding hydrogens is 435 g/mol. The molecule has 0 aliphatic heterocycles. The number of rotatable bonds is 5. The summed E-state index contributed by atoms with van der Waals surface area (Å²) >= 11 is 0.789. The van der Waals surface area contributed by atoms with Gasteiger partial charge in [0.25, 0.3) is 5.91 Å². The minimum Gasteiger partial charge on any atom is -0.338 e. The summed E-state index contributed by atoms with van der Waals surface area (Å²) in [5.41, 5.74) is 2.05. The molecule has 13 heteroatoms. The highest BCUT2D eigenvalue weighted by molar-refractivity contribution is 7.13. The molecule has 0 aliphatic carbocycles. The van der Waals surface area contributed by atoms with Crippen molar-refractivity contribution in [3.8, 4) is 21.7 Å². The first-order valence-electron chi connectivity index (χ1n) is 8.78. The number of alkyl halides is 3. The molecule has 3 amide bonds. The van der Waals surface area contributed by atoms with E-state index in [0.29, 0.717) is 17.7 Å². The number of nitrogen functional groups attached to an aromatic ring is 1. The largest absolute Gasteiger partial charge is 0.434 e. The first-order valence-corrected chi connectivity index (χ1v) is 9.66. The minimum atomic E-state index is -4.60. The third-order valence-corrected chi connectivity index (χ3v) is 4.82. The number of carbonyl (C=O) groups is 2. The summed E-state index contributed by atoms with van der Waals surface area (Å²) in [6, 6.07) is 3.86. The Labute approximate surface area is 177 Å². The van der Waals surface area contributed by atoms with E-state index in [1.54, 1.807) is 13.0 Å². The van der Waals surface area contributed by atoms with E-state index >= 15 is 0 Å². The highest BCUT2D eigenvalue weighted by Crippen LogP contribution is 2.38. The number of hydrogen-bond acceptors (Lipinski definition) is 7. The Bertz CT molecular complexity index is 1120. The number of halogens is 3. The number of hydrogen-bond donors (Lipinski definition) is 4. The topological polar surface area (TPSA) is 135 Å². The molecule has 162 valence electrons. The summed E-state index contributed by atoms with van der Waals surface area (Å²) in [7, 11) is 0. The number of nitrogens with two attached hydrogens (primary N) is 1. The Morgan fingerprint density at radius 2 is 1.97 bits per heavy atom. The maximum absolute atomic E-state index is 13.1. The molecule has 5 N–H and O–H groups in total. The average molecular weight is 451 g/mol. The summed E-state index contributed by atoms with van der Waals surface area (Å²) < 4.78 is 39.2. The van der Waals surface area contributed by atoms with E-state index in [0.717, 1.165) is 16.7 Å². The van der Waals surface area contributed by atoms with Gasteiger partial charge < -0.3 is 5.32 Å². The van der Waals surface area contributed by atoms with Gasteiger partial charge in [0, 0.05) is 35.4 Å². The van der Waals surface area contributed by atoms with Gasteiger partial charge in [-0.15, -0.1) is 11.3 Å². The first kappa shape index (κ1) is 22.1. The monoisotopic (exact) mass is 451 g/mol. The van der Waals surface area contributed by atoms with E-state index in [1.807, 2.05) is 5.43 Å². The molecule has 3 aromatic rings. The number of urea groups is 1. The van der Waals surface area contributed by atoms with Crippen LogP contribution in [0.1, 0.15) is 23.1 Å². The van der Waals surface area contributed by atoms with Crippen molar-refractivity contribution in [2.75, 3.05) is 11.9 Å². The van der Waals surface area contributed by atoms with Gasteiger partial charge in [-0.05, 0) is 30.7 Å². The van der Waals surface area contributed by atoms with E-state index in [-0.39, 0.29) is 22.1 Å². The number of anilines is 1. The van der Waals surface area contributed by atoms with Gasteiger partial charge in [-0.3, -0.25) is 20.5 Å². The summed E-state index contributed by atoms with van der Waals surface area (Å²) in [5.74, 6) is 4.61. The lowest BCUT2D eigenvalue weighted by Crippen LogP contribution is -2.30. The second kappa shape index (κ2) is 9.06. The fraction of sp³-hybridized carbons (Fsp3) is 0.167. The first-order chi connectivity index (χ1) is 14.7. The van der Waals surface area contributed by atoms with E-state index in [1.165, 1.54) is 24.5 Å². The fourth-order valence-corrected chi connectivity index (χ4v) is 3.43. The van der Waals surface area contributed by atoms with E-state index in [4.69, 9.17) is 5.84 Å². The highest BCUT2D eigenvalue weighted by Gasteiger charge is 2.34. The quantitative estimate of drug-likeness (QED) is 0.268. The standard InChI is InChI=1S/C18H16F3N7O2S/c1-2-23-17(30)27-14-6-10(16-26-13(8-31-16)18(19,20)21)11(7-25-14)9-3-4-24-12(5-9)15(29)28-22/h3-8H,2,22H2,1H3,(H,28,29)(H2,23,25,27,30). The van der Waals surface area contributed by atoms with Gasteiger partial charge in [-0.2, -0.15) is 13.2 Å². The van der Waals surface area contributed by atoms with E-state index in [2.05, 4.69) is 25.6 Å². The Hall–Kier alpha value is -3.58. The van der Waals surface area contributed by atoms with Gasteiger partial charge >= 0.3 is 12.2 Å². The van der Waals surface area contributed by atoms with Crippen molar-refractivity contribution in [2.24, 2.45) is 5.84 Å². The van der Waals surface area contributed by atoms with Gasteiger partial charge in [-0.1, -0.05) is 0 Å². The third kappa shape index (κ3) is 5.13. The lowest BCUT2D eigenvalue weighted by atomic mass is 10.0. The molecule has 3 rings (SSSR count). The zero-order valence-electron chi connectivity index (χ0n) is 15.9. The lowest BCUT2D eigenvalue weighted by Gasteiger charge is -2.12. The summed E-state index contributed by atoms with van der Waals surface area (Å²) in [4.78, 5) is 35.4. The molecule has 0 saturated heterocycles. The van der Waals surface area contributed by atoms with E-state index < -0.39 is 23.8 Å². The molecule has 3 aromatic heterocycles. The van der Waals surface area contributed by atoms with Crippen LogP contribution in [0.15, 0.2) is 36.0 Å². The van der Waals surface area contributed by atoms with Crippen LogP contribution in [-0.2, 0) is 6.18 Å². The molecule has 0 atom stereocenters. The van der Waals surface area contributed by atoms with Crippen LogP contribution in [0.5, 0.6) is 0 Å². The van der Waals surface area contributed by atoms with Gasteiger partial charge in [0.05, 0.1) is 0 Å². The van der Waals surface area contributed by atoms with Crippen LogP contribution in [0, 0.1) is 0 Å². The van der Waals surface area contributed by atoms with Gasteiger partial charge in [0.2, 0.25) is 0 Å². The number of hydrazine groups is 1. The molecule has 0 unspecified atom stereocenters. The number of thiazole rings is 1. The maximum atomic E-state index is 13.1. The molecule has 3 heterocycles. The Morgan fingerprint density at radius 1 is 1.19 bits per heavy atom. The van der Waals surface area contributed by atoms with Gasteiger partial charge in [0.1, 0.15) is 16.5 Å². The Morgan fingerprint density at radius 3 is 2.61 bits per heavy atom. The number of nitrogens with one attached hydrogen (secondary N) is 3. The van der Waals surface area contributed by atoms with Crippen molar-refractivity contribution in [2.45, 2.75) is 13.1 Å². The molecule has 0 aromatic carbocycles. The smallest absolute Gasteiger partial charge is 0.338 e. The van der Waals surface area contributed by atoms with Crippen LogP contribution in [-0.4, -0.2) is 33.4 Å². The maximum Gasteiger partial charge on any atom is 0.434 e. The SMILES string of the molecule is CCNC(=O)Nc1cc(-c2nc(C(F)(F)F)cs2)c(-c2ccnc(C(=O)NN)c2)cn1. The number of carbonyl (C=O) groups excluding carboxylic acids is 2. The lowest BCUT2D eigenvalue weighted by molar-refractivity contribution is -0.140. The van der Waals surface area contributed by atoms with Crippen molar-refractivity contribution in [1.82, 2.24) is 25.7 Å². The normalized spacial score (nSPS) is 11.1. The number of pyridine rings is 2. The van der Waals surface area contributed by atoms with Crippen LogP contribution >= 0.6 is 11.3 Å². The Kier molecular flexibility index (Phi) is 6.46. The summed E-state index contributed by atoms with van der Waals surface area (Å²) in [6.07, 6.45) is -1.88. The van der Waals surface area contributed by atoms with Crippen molar-refractivity contribution < 1.29 is 22.8 Å². The van der Waals surface area contributed by atoms with E-state index in [9.17, 15) is 22.8 Å². The molecule has 0 spiro atoms. The molecule has 0 bridgehead atoms. The Balaban J connectivity index is 2.11. The fourth-order valence-electron chi connectivity index (χ4n) is 2.58. The van der Waals surface area contributed by atoms with Crippen LogP contribution in [0.3, 0.4) is 0 Å². The highest BCUT2D eigenvalue weighted by atomic mass is 32.1. The molecule has 9 nitrogen and oxygen atoms in total. The third-order valence-electron chi connectivity index (χ3n) is 3.94. The molecular formula is C18H16F3N7O2S. The molecule has 0 fully saturated rings. The second-order valence-corrected chi connectivity index (χ2v) is 6.90. The van der Waals surface area contributed by atoms with Crippen LogP contribution in [0.4, 0.5) is 23.8 Å². The number of nitrogens with zero attached hydrogens (tertiary/aromatic N) is 3. The van der Waals surface area contributed by atoms with Crippen molar-refractivity contribution in [3.05, 3.63) is 47.4 Å². The van der Waals surface area contributed by atoms with Crippen molar-refractivity contribution in [3.63, 3.8) is 0 Å². The second-order valence-electron chi connectivity index (χ2n) is 6.04. The number of aromatic nitrogens is 3. The van der Waals surface area contributed by atoms with Crippen molar-refractivity contribution in [1.29, 1.82) is 0 Å². The molecule has 0 radical (unpaired) electrons. The summed E-state index contributed by atoms with van der Waals surface area (Å²) in [6.45, 7) is 2.11. The minimum absolute atomic E-state index is 0.00518. The van der Waals surface area contributed by atoms with Crippen molar-refractivity contribution >= 4 is 29.1 Å². The summed E-state index contributed by atoms with van der Waals surface area (Å²) in [5, 5.41) is 6.00. The number of amides is 3. The molecule has 31 heavy (non-hydrogen) atoms. The molecule has 0 saturated carbocycles. The average Bonchev–Trinajstić information content (AvgIpc) is 3.24. The molecule has 0 aliphatic rings. The predicted octanol–water partition coefficient (Wildman–Crippen LogP) is 3.03. The van der Waals surface area contributed by atoms with Crippen LogP contribution in [0.2, 0.25) is 0 Å². The predicted molar refractivity (Wildman–Crippen MR) is 108 cm³/mol. The van der Waals surface area contributed by atoms with Gasteiger partial charge in [0.15, 0.2) is 5.69 Å². The van der Waals surface area contributed by atoms with Crippen LogP contribution < -0.4 is 21.9 Å².